The first kappa shape index (κ1) is 13.1. The van der Waals surface area contributed by atoms with Gasteiger partial charge < -0.3 is 10.0 Å². The Bertz CT molecular complexity index is 608. The predicted octanol–water partition coefficient (Wildman–Crippen LogP) is 0.964. The van der Waals surface area contributed by atoms with E-state index in [0.717, 1.165) is 37.9 Å². The van der Waals surface area contributed by atoms with Crippen LogP contribution >= 0.6 is 0 Å². The number of hydrogen-bond acceptors (Lipinski definition) is 4. The number of fused-ring (bicyclic) bond motifs is 1. The average molecular weight is 274 g/mol. The molecule has 0 spiro atoms. The van der Waals surface area contributed by atoms with Crippen molar-refractivity contribution in [2.75, 3.05) is 19.7 Å². The van der Waals surface area contributed by atoms with Crippen molar-refractivity contribution in [2.24, 2.45) is 5.92 Å². The molecule has 1 amide bonds. The van der Waals surface area contributed by atoms with Gasteiger partial charge in [-0.3, -0.25) is 9.78 Å². The van der Waals surface area contributed by atoms with E-state index in [4.69, 9.17) is 5.11 Å². The van der Waals surface area contributed by atoms with Crippen LogP contribution < -0.4 is 0 Å². The smallest absolute Gasteiger partial charge is 0.257 e. The lowest BCUT2D eigenvalue weighted by Gasteiger charge is -2.32. The van der Waals surface area contributed by atoms with Crippen LogP contribution in [0, 0.1) is 5.92 Å². The lowest BCUT2D eigenvalue weighted by atomic mass is 9.95. The summed E-state index contributed by atoms with van der Waals surface area (Å²) in [4.78, 5) is 18.5. The molecule has 2 aromatic rings. The monoisotopic (exact) mass is 274 g/mol. The van der Waals surface area contributed by atoms with E-state index in [9.17, 15) is 4.79 Å². The lowest BCUT2D eigenvalue weighted by molar-refractivity contribution is 0.0655. The van der Waals surface area contributed by atoms with Crippen molar-refractivity contribution < 1.29 is 9.90 Å². The molecular weight excluding hydrogens is 256 g/mol. The highest BCUT2D eigenvalue weighted by Crippen LogP contribution is 2.22. The minimum absolute atomic E-state index is 0.00985. The van der Waals surface area contributed by atoms with Crippen molar-refractivity contribution in [3.05, 3.63) is 30.4 Å². The van der Waals surface area contributed by atoms with Gasteiger partial charge in [0.15, 0.2) is 0 Å². The predicted molar refractivity (Wildman–Crippen MR) is 73.3 cm³/mol. The zero-order valence-corrected chi connectivity index (χ0v) is 11.3. The highest BCUT2D eigenvalue weighted by atomic mass is 16.3. The Balaban J connectivity index is 1.81. The number of aliphatic hydroxyl groups excluding tert-OH is 1. The quantitative estimate of drug-likeness (QED) is 0.905. The SMILES string of the molecule is O=C(c1cnn2ccncc12)N1CCCC(CCO)C1. The molecule has 0 aromatic carbocycles. The number of aliphatic hydroxyl groups is 1. The minimum Gasteiger partial charge on any atom is -0.396 e. The number of nitrogens with zero attached hydrogens (tertiary/aromatic N) is 4. The molecule has 1 N–H and O–H groups in total. The molecule has 1 unspecified atom stereocenters. The molecule has 3 rings (SSSR count). The fraction of sp³-hybridized carbons (Fsp3) is 0.500. The number of likely N-dealkylation sites (tertiary alicyclic amines) is 1. The molecule has 0 radical (unpaired) electrons. The average Bonchev–Trinajstić information content (AvgIpc) is 2.91. The van der Waals surface area contributed by atoms with Gasteiger partial charge in [-0.15, -0.1) is 0 Å². The van der Waals surface area contributed by atoms with E-state index in [2.05, 4.69) is 10.1 Å². The molecule has 2 aromatic heterocycles. The topological polar surface area (TPSA) is 70.7 Å². The number of amides is 1. The fourth-order valence-electron chi connectivity index (χ4n) is 2.84. The molecule has 1 saturated heterocycles. The van der Waals surface area contributed by atoms with Gasteiger partial charge in [-0.25, -0.2) is 4.52 Å². The maximum absolute atomic E-state index is 12.6. The number of carbonyl (C=O) groups excluding carboxylic acids is 1. The van der Waals surface area contributed by atoms with Gasteiger partial charge in [-0.2, -0.15) is 5.10 Å². The van der Waals surface area contributed by atoms with Gasteiger partial charge in [0, 0.05) is 32.1 Å². The number of hydrogen-bond donors (Lipinski definition) is 1. The molecule has 3 heterocycles. The van der Waals surface area contributed by atoms with Crippen LogP contribution in [-0.2, 0) is 0 Å². The van der Waals surface area contributed by atoms with Crippen LogP contribution in [0.15, 0.2) is 24.8 Å². The van der Waals surface area contributed by atoms with E-state index in [0.29, 0.717) is 11.5 Å². The molecular formula is C14H18N4O2. The van der Waals surface area contributed by atoms with Crippen LogP contribution in [0.5, 0.6) is 0 Å². The van der Waals surface area contributed by atoms with Gasteiger partial charge in [0.25, 0.3) is 5.91 Å². The van der Waals surface area contributed by atoms with Crippen LogP contribution in [0.25, 0.3) is 5.52 Å². The van der Waals surface area contributed by atoms with Gasteiger partial charge in [-0.1, -0.05) is 0 Å². The van der Waals surface area contributed by atoms with Crippen molar-refractivity contribution in [3.8, 4) is 0 Å². The summed E-state index contributed by atoms with van der Waals surface area (Å²) in [6.07, 6.45) is 9.49. The second-order valence-electron chi connectivity index (χ2n) is 5.24. The molecule has 1 aliphatic rings. The van der Waals surface area contributed by atoms with Crippen LogP contribution in [0.1, 0.15) is 29.6 Å². The summed E-state index contributed by atoms with van der Waals surface area (Å²) in [5.74, 6) is 0.410. The standard InChI is InChI=1S/C14H18N4O2/c19-7-3-11-2-1-5-17(10-11)14(20)12-8-16-18-6-4-15-9-13(12)18/h4,6,8-9,11,19H,1-3,5,7,10H2. The van der Waals surface area contributed by atoms with Gasteiger partial charge in [0.1, 0.15) is 0 Å². The molecule has 6 nitrogen and oxygen atoms in total. The molecule has 20 heavy (non-hydrogen) atoms. The fourth-order valence-corrected chi connectivity index (χ4v) is 2.84. The maximum atomic E-state index is 12.6. The Morgan fingerprint density at radius 1 is 1.45 bits per heavy atom. The molecule has 106 valence electrons. The molecule has 0 bridgehead atoms. The molecule has 0 aliphatic carbocycles. The van der Waals surface area contributed by atoms with Crippen LogP contribution in [-0.4, -0.2) is 50.2 Å². The number of piperidine rings is 1. The van der Waals surface area contributed by atoms with Crippen LogP contribution in [0.3, 0.4) is 0 Å². The minimum atomic E-state index is 0.00985. The van der Waals surface area contributed by atoms with E-state index in [1.165, 1.54) is 0 Å². The highest BCUT2D eigenvalue weighted by molar-refractivity contribution is 6.00. The Morgan fingerprint density at radius 2 is 2.35 bits per heavy atom. The highest BCUT2D eigenvalue weighted by Gasteiger charge is 2.25. The van der Waals surface area contributed by atoms with Crippen molar-refractivity contribution in [1.82, 2.24) is 19.5 Å². The Labute approximate surface area is 117 Å². The third-order valence-electron chi connectivity index (χ3n) is 3.90. The van der Waals surface area contributed by atoms with Gasteiger partial charge in [0.2, 0.25) is 0 Å². The van der Waals surface area contributed by atoms with Gasteiger partial charge >= 0.3 is 0 Å². The maximum Gasteiger partial charge on any atom is 0.257 e. The van der Waals surface area contributed by atoms with E-state index in [1.807, 2.05) is 4.90 Å². The molecule has 1 atom stereocenters. The van der Waals surface area contributed by atoms with E-state index >= 15 is 0 Å². The Kier molecular flexibility index (Phi) is 3.64. The van der Waals surface area contributed by atoms with Crippen molar-refractivity contribution >= 4 is 11.4 Å². The summed E-state index contributed by atoms with van der Waals surface area (Å²) < 4.78 is 1.66. The summed E-state index contributed by atoms with van der Waals surface area (Å²) in [5.41, 5.74) is 1.34. The second-order valence-corrected chi connectivity index (χ2v) is 5.24. The van der Waals surface area contributed by atoms with Crippen LogP contribution in [0.4, 0.5) is 0 Å². The van der Waals surface area contributed by atoms with Crippen molar-refractivity contribution in [1.29, 1.82) is 0 Å². The summed E-state index contributed by atoms with van der Waals surface area (Å²) in [6.45, 7) is 1.68. The first-order chi connectivity index (χ1) is 9.79. The normalized spacial score (nSPS) is 19.4. The number of rotatable bonds is 3. The van der Waals surface area contributed by atoms with E-state index < -0.39 is 0 Å². The van der Waals surface area contributed by atoms with E-state index in [-0.39, 0.29) is 12.5 Å². The van der Waals surface area contributed by atoms with Crippen molar-refractivity contribution in [2.45, 2.75) is 19.3 Å². The zero-order valence-electron chi connectivity index (χ0n) is 11.3. The summed E-state index contributed by atoms with van der Waals surface area (Å²) in [6, 6.07) is 0. The lowest BCUT2D eigenvalue weighted by Crippen LogP contribution is -2.40. The Morgan fingerprint density at radius 3 is 3.20 bits per heavy atom. The molecule has 1 aliphatic heterocycles. The number of aromatic nitrogens is 3. The molecule has 1 fully saturated rings. The van der Waals surface area contributed by atoms with Crippen LogP contribution in [0.2, 0.25) is 0 Å². The number of carbonyl (C=O) groups is 1. The molecule has 6 heteroatoms. The molecule has 0 saturated carbocycles. The summed E-state index contributed by atoms with van der Waals surface area (Å²) in [7, 11) is 0. The van der Waals surface area contributed by atoms with Gasteiger partial charge in [0.05, 0.1) is 23.5 Å². The first-order valence-corrected chi connectivity index (χ1v) is 6.97. The third-order valence-corrected chi connectivity index (χ3v) is 3.90. The zero-order chi connectivity index (χ0) is 13.9. The second kappa shape index (κ2) is 5.58. The first-order valence-electron chi connectivity index (χ1n) is 6.97. The third kappa shape index (κ3) is 2.38. The summed E-state index contributed by atoms with van der Waals surface area (Å²) in [5, 5.41) is 13.2. The van der Waals surface area contributed by atoms with Gasteiger partial charge in [-0.05, 0) is 25.2 Å². The van der Waals surface area contributed by atoms with E-state index in [1.54, 1.807) is 29.3 Å². The Hall–Kier alpha value is -1.95. The van der Waals surface area contributed by atoms with Crippen molar-refractivity contribution in [3.63, 3.8) is 0 Å². The largest absolute Gasteiger partial charge is 0.396 e. The summed E-state index contributed by atoms with van der Waals surface area (Å²) >= 11 is 0.